The summed E-state index contributed by atoms with van der Waals surface area (Å²) in [4.78, 5) is 23.5. The molecule has 1 amide bonds. The topological polar surface area (TPSA) is 75.6 Å². The van der Waals surface area contributed by atoms with Crippen LogP contribution in [-0.2, 0) is 20.1 Å². The maximum Gasteiger partial charge on any atom is 0.276 e. The summed E-state index contributed by atoms with van der Waals surface area (Å²) in [6.07, 6.45) is 0. The molecule has 0 saturated heterocycles. The van der Waals surface area contributed by atoms with Crippen LogP contribution in [0.5, 0.6) is 0 Å². The quantitative estimate of drug-likeness (QED) is 0.869. The lowest BCUT2D eigenvalue weighted by Gasteiger charge is -2.28. The maximum absolute atomic E-state index is 12.2. The molecule has 0 radical (unpaired) electrons. The van der Waals surface area contributed by atoms with Gasteiger partial charge in [0.15, 0.2) is 0 Å². The van der Waals surface area contributed by atoms with Crippen molar-refractivity contribution in [3.05, 3.63) is 46.4 Å². The summed E-state index contributed by atoms with van der Waals surface area (Å²) >= 11 is 5.79. The molecule has 1 unspecified atom stereocenters. The molecular formula is C13H12ClNO4. The number of benzene rings is 1. The van der Waals surface area contributed by atoms with Crippen molar-refractivity contribution in [3.8, 4) is 0 Å². The van der Waals surface area contributed by atoms with E-state index in [4.69, 9.17) is 16.3 Å². The molecule has 0 aliphatic carbocycles. The Morgan fingerprint density at radius 2 is 1.95 bits per heavy atom. The Balaban J connectivity index is 2.52. The first kappa shape index (κ1) is 13.4. The van der Waals surface area contributed by atoms with E-state index in [9.17, 15) is 14.7 Å². The fourth-order valence-electron chi connectivity index (χ4n) is 1.93. The zero-order valence-corrected chi connectivity index (χ0v) is 11.1. The highest BCUT2D eigenvalue weighted by atomic mass is 35.5. The number of rotatable bonds is 2. The highest BCUT2D eigenvalue weighted by Crippen LogP contribution is 2.36. The van der Waals surface area contributed by atoms with E-state index in [1.54, 1.807) is 24.3 Å². The fourth-order valence-corrected chi connectivity index (χ4v) is 2.05. The number of hydrogen-bond acceptors (Lipinski definition) is 4. The molecule has 0 aromatic heterocycles. The molecule has 5 nitrogen and oxygen atoms in total. The second kappa shape index (κ2) is 4.59. The molecule has 19 heavy (non-hydrogen) atoms. The summed E-state index contributed by atoms with van der Waals surface area (Å²) in [7, 11) is 0. The van der Waals surface area contributed by atoms with E-state index in [1.807, 2.05) is 0 Å². The van der Waals surface area contributed by atoms with Crippen molar-refractivity contribution in [1.29, 1.82) is 0 Å². The maximum atomic E-state index is 12.2. The van der Waals surface area contributed by atoms with Gasteiger partial charge in [-0.3, -0.25) is 9.59 Å². The molecule has 2 rings (SSSR count). The Kier molecular flexibility index (Phi) is 3.24. The number of ketones is 1. The standard InChI is InChI=1S/C13H12ClNO4/c1-7-11(17)12(18)13(19-7,15-8(2)16)9-3-5-10(14)6-4-9/h3-6,17H,1-2H3,(H,15,16). The highest BCUT2D eigenvalue weighted by Gasteiger charge is 2.51. The van der Waals surface area contributed by atoms with Crippen molar-refractivity contribution in [1.82, 2.24) is 5.32 Å². The van der Waals surface area contributed by atoms with Gasteiger partial charge in [-0.15, -0.1) is 0 Å². The van der Waals surface area contributed by atoms with E-state index in [2.05, 4.69) is 5.32 Å². The summed E-state index contributed by atoms with van der Waals surface area (Å²) in [5, 5.41) is 12.6. The lowest BCUT2D eigenvalue weighted by molar-refractivity contribution is -0.144. The largest absolute Gasteiger partial charge is 0.502 e. The van der Waals surface area contributed by atoms with Crippen molar-refractivity contribution in [2.75, 3.05) is 0 Å². The minimum atomic E-state index is -1.72. The third-order valence-corrected chi connectivity index (χ3v) is 3.03. The Hall–Kier alpha value is -2.01. The van der Waals surface area contributed by atoms with Crippen molar-refractivity contribution in [2.45, 2.75) is 19.6 Å². The number of Topliss-reactive ketones (excluding diaryl/α,β-unsaturated/α-hetero) is 1. The van der Waals surface area contributed by atoms with Crippen molar-refractivity contribution in [3.63, 3.8) is 0 Å². The third-order valence-electron chi connectivity index (χ3n) is 2.78. The second-order valence-corrected chi connectivity index (χ2v) is 4.64. The van der Waals surface area contributed by atoms with Crippen LogP contribution in [0.4, 0.5) is 0 Å². The zero-order valence-electron chi connectivity index (χ0n) is 10.4. The molecule has 100 valence electrons. The summed E-state index contributed by atoms with van der Waals surface area (Å²) in [5.41, 5.74) is -1.33. The lowest BCUT2D eigenvalue weighted by atomic mass is 9.98. The molecule has 0 spiro atoms. The molecule has 1 heterocycles. The summed E-state index contributed by atoms with van der Waals surface area (Å²) in [6.45, 7) is 2.71. The lowest BCUT2D eigenvalue weighted by Crippen LogP contribution is -2.50. The number of allylic oxidation sites excluding steroid dienone is 1. The van der Waals surface area contributed by atoms with E-state index in [1.165, 1.54) is 13.8 Å². The van der Waals surface area contributed by atoms with Gasteiger partial charge in [-0.2, -0.15) is 0 Å². The van der Waals surface area contributed by atoms with Gasteiger partial charge >= 0.3 is 0 Å². The van der Waals surface area contributed by atoms with E-state index < -0.39 is 23.2 Å². The normalized spacial score (nSPS) is 22.4. The third kappa shape index (κ3) is 2.17. The van der Waals surface area contributed by atoms with Crippen LogP contribution in [0.2, 0.25) is 5.02 Å². The Morgan fingerprint density at radius 1 is 1.37 bits per heavy atom. The average molecular weight is 282 g/mol. The van der Waals surface area contributed by atoms with Crippen LogP contribution >= 0.6 is 11.6 Å². The smallest absolute Gasteiger partial charge is 0.276 e. The van der Waals surface area contributed by atoms with E-state index in [-0.39, 0.29) is 5.76 Å². The van der Waals surface area contributed by atoms with Gasteiger partial charge < -0.3 is 15.2 Å². The van der Waals surface area contributed by atoms with Crippen molar-refractivity contribution in [2.24, 2.45) is 0 Å². The molecule has 1 aliphatic heterocycles. The summed E-state index contributed by atoms with van der Waals surface area (Å²) in [6, 6.07) is 6.26. The number of carbonyl (C=O) groups excluding carboxylic acids is 2. The van der Waals surface area contributed by atoms with Crippen LogP contribution in [0.3, 0.4) is 0 Å². The van der Waals surface area contributed by atoms with Gasteiger partial charge in [-0.1, -0.05) is 23.7 Å². The SMILES string of the molecule is CC(=O)NC1(c2ccc(Cl)cc2)OC(C)=C(O)C1=O. The van der Waals surface area contributed by atoms with Crippen molar-refractivity contribution >= 4 is 23.3 Å². The number of aliphatic hydroxyl groups excluding tert-OH is 1. The average Bonchev–Trinajstić information content (AvgIpc) is 2.55. The van der Waals surface area contributed by atoms with Gasteiger partial charge in [0.2, 0.25) is 11.7 Å². The monoisotopic (exact) mass is 281 g/mol. The minimum Gasteiger partial charge on any atom is -0.502 e. The number of halogens is 1. The molecule has 0 bridgehead atoms. The molecular weight excluding hydrogens is 270 g/mol. The number of hydrogen-bond donors (Lipinski definition) is 2. The fraction of sp³-hybridized carbons (Fsp3) is 0.231. The van der Waals surface area contributed by atoms with E-state index in [0.29, 0.717) is 10.6 Å². The van der Waals surface area contributed by atoms with Gasteiger partial charge in [-0.25, -0.2) is 0 Å². The number of carbonyl (C=O) groups is 2. The number of amides is 1. The minimum absolute atomic E-state index is 0.0636. The van der Waals surface area contributed by atoms with Gasteiger partial charge in [-0.05, 0) is 19.1 Å². The van der Waals surface area contributed by atoms with Crippen molar-refractivity contribution < 1.29 is 19.4 Å². The molecule has 1 aromatic rings. The zero-order chi connectivity index (χ0) is 14.2. The molecule has 1 aromatic carbocycles. The number of aliphatic hydroxyl groups is 1. The first-order chi connectivity index (χ1) is 8.86. The van der Waals surface area contributed by atoms with Crippen LogP contribution in [-0.4, -0.2) is 16.8 Å². The van der Waals surface area contributed by atoms with Gasteiger partial charge in [0.05, 0.1) is 0 Å². The molecule has 1 atom stereocenters. The predicted molar refractivity (Wildman–Crippen MR) is 68.4 cm³/mol. The first-order valence-corrected chi connectivity index (χ1v) is 5.93. The second-order valence-electron chi connectivity index (χ2n) is 4.21. The molecule has 0 saturated carbocycles. The van der Waals surface area contributed by atoms with Crippen LogP contribution in [0.15, 0.2) is 35.8 Å². The van der Waals surface area contributed by atoms with Gasteiger partial charge in [0, 0.05) is 17.5 Å². The Bertz CT molecular complexity index is 579. The Morgan fingerprint density at radius 3 is 2.37 bits per heavy atom. The molecule has 2 N–H and O–H groups in total. The van der Waals surface area contributed by atoms with Crippen LogP contribution in [0.1, 0.15) is 19.4 Å². The summed E-state index contributed by atoms with van der Waals surface area (Å²) < 4.78 is 5.42. The van der Waals surface area contributed by atoms with Crippen LogP contribution < -0.4 is 5.32 Å². The van der Waals surface area contributed by atoms with Gasteiger partial charge in [0.1, 0.15) is 5.76 Å². The molecule has 1 aliphatic rings. The molecule has 6 heteroatoms. The van der Waals surface area contributed by atoms with E-state index in [0.717, 1.165) is 0 Å². The van der Waals surface area contributed by atoms with Gasteiger partial charge in [0.25, 0.3) is 11.5 Å². The molecule has 0 fully saturated rings. The highest BCUT2D eigenvalue weighted by molar-refractivity contribution is 6.30. The van der Waals surface area contributed by atoms with Crippen LogP contribution in [0, 0.1) is 0 Å². The predicted octanol–water partition coefficient (Wildman–Crippen LogP) is 2.02. The van der Waals surface area contributed by atoms with Crippen LogP contribution in [0.25, 0.3) is 0 Å². The number of nitrogens with one attached hydrogen (secondary N) is 1. The number of ether oxygens (including phenoxy) is 1. The van der Waals surface area contributed by atoms with E-state index >= 15 is 0 Å². The summed E-state index contributed by atoms with van der Waals surface area (Å²) in [5.74, 6) is -1.59. The first-order valence-electron chi connectivity index (χ1n) is 5.55. The Labute approximate surface area is 114 Å².